The smallest absolute Gasteiger partial charge is 0.324 e. The number of aliphatic hydroxyl groups excluding tert-OH is 1. The number of fused-ring (bicyclic) bond motifs is 4. The zero-order valence-electron chi connectivity index (χ0n) is 33.2. The average molecular weight is 821 g/mol. The number of benzene rings is 6. The van der Waals surface area contributed by atoms with Crippen LogP contribution in [-0.4, -0.2) is 60.5 Å². The van der Waals surface area contributed by atoms with E-state index in [0.717, 1.165) is 22.2 Å². The maximum atomic E-state index is 15.4. The largest absolute Gasteiger partial charge is 0.508 e. The Bertz CT molecular complexity index is 2880. The average Bonchev–Trinajstić information content (AvgIpc) is 3.96. The summed E-state index contributed by atoms with van der Waals surface area (Å²) < 4.78 is 8.19. The molecule has 62 heavy (non-hydrogen) atoms. The number of morpholine rings is 1. The molecule has 7 aromatic rings. The van der Waals surface area contributed by atoms with Gasteiger partial charge in [-0.25, -0.2) is 4.68 Å². The molecule has 7 atom stereocenters. The van der Waals surface area contributed by atoms with Gasteiger partial charge in [0.25, 0.3) is 0 Å². The molecule has 3 aliphatic heterocycles. The Morgan fingerprint density at radius 1 is 0.806 bits per heavy atom. The minimum Gasteiger partial charge on any atom is -0.508 e. The van der Waals surface area contributed by atoms with Crippen LogP contribution in [0, 0.1) is 17.8 Å². The van der Waals surface area contributed by atoms with Gasteiger partial charge in [0, 0.05) is 17.8 Å². The molecule has 2 amide bonds. The maximum absolute atomic E-state index is 15.4. The van der Waals surface area contributed by atoms with Crippen molar-refractivity contribution in [2.45, 2.75) is 42.3 Å². The van der Waals surface area contributed by atoms with Crippen LogP contribution in [0.5, 0.6) is 5.75 Å². The molecule has 0 unspecified atom stereocenters. The zero-order chi connectivity index (χ0) is 42.4. The fourth-order valence-electron chi connectivity index (χ4n) is 9.68. The molecular formula is C50H40N6O6. The number of phenolic OH excluding ortho intramolecular Hbond substituents is 1. The first kappa shape index (κ1) is 38.6. The lowest BCUT2D eigenvalue weighted by atomic mass is 9.65. The van der Waals surface area contributed by atoms with Crippen LogP contribution in [0.2, 0.25) is 0 Å². The number of hydrogen-bond acceptors (Lipinski definition) is 9. The SMILES string of the molecule is O=C1O[C@H](c2ccccc2)[C@H](c2ccccc2)N2[C@H]1[C@@H](C(=O)NC[C@H](O)c1ccccc1)[C@]1(C(=O)Nc3ccc(C#CCn4nnc5ccccc54)cc31)[C@H]2c1ccc(O)cc1. The first-order valence-corrected chi connectivity index (χ1v) is 20.4. The van der Waals surface area contributed by atoms with E-state index in [1.54, 1.807) is 65.3 Å². The number of ether oxygens (including phenoxy) is 1. The van der Waals surface area contributed by atoms with E-state index in [2.05, 4.69) is 32.8 Å². The van der Waals surface area contributed by atoms with Gasteiger partial charge in [0.1, 0.15) is 35.4 Å². The summed E-state index contributed by atoms with van der Waals surface area (Å²) >= 11 is 0. The van der Waals surface area contributed by atoms with Crippen LogP contribution in [0.25, 0.3) is 11.0 Å². The topological polar surface area (TPSA) is 159 Å². The molecule has 0 saturated carbocycles. The number of carbonyl (C=O) groups excluding carboxylic acids is 3. The van der Waals surface area contributed by atoms with E-state index < -0.39 is 59.5 Å². The van der Waals surface area contributed by atoms with Crippen LogP contribution in [0.3, 0.4) is 0 Å². The highest BCUT2D eigenvalue weighted by Crippen LogP contribution is 2.64. The van der Waals surface area contributed by atoms with Gasteiger partial charge < -0.3 is 25.6 Å². The number of amides is 2. The predicted molar refractivity (Wildman–Crippen MR) is 230 cm³/mol. The van der Waals surface area contributed by atoms with Gasteiger partial charge in [-0.15, -0.1) is 5.10 Å². The number of cyclic esters (lactones) is 1. The van der Waals surface area contributed by atoms with Crippen molar-refractivity contribution in [3.8, 4) is 17.6 Å². The fraction of sp³-hybridized carbons (Fsp3) is 0.180. The summed E-state index contributed by atoms with van der Waals surface area (Å²) in [5, 5.41) is 36.4. The summed E-state index contributed by atoms with van der Waals surface area (Å²) in [6.45, 7) is 0.0545. The van der Waals surface area contributed by atoms with Crippen LogP contribution in [0.4, 0.5) is 5.69 Å². The Morgan fingerprint density at radius 2 is 1.48 bits per heavy atom. The monoisotopic (exact) mass is 820 g/mol. The standard InChI is InChI=1S/C50H40N6O6/c57-36-25-23-35(24-26-36)46-50(37-29-31(22-27-38(37)52-49(50)61)13-12-28-55-40-21-11-10-20-39(40)53-54-55)42(47(59)51-30-41(58)32-14-4-1-5-15-32)44-48(60)62-45(34-18-8-3-9-19-34)43(56(44)46)33-16-6-2-7-17-33/h1-11,14-27,29,41-46,57-58H,28,30H2,(H,51,59)(H,52,61)/t41-,42-,43-,44-,45+,46+,50-/m0/s1. The second kappa shape index (κ2) is 15.8. The number of phenols is 1. The van der Waals surface area contributed by atoms with E-state index in [0.29, 0.717) is 27.9 Å². The van der Waals surface area contributed by atoms with Crippen LogP contribution in [0.15, 0.2) is 158 Å². The van der Waals surface area contributed by atoms with Gasteiger partial charge >= 0.3 is 5.97 Å². The molecule has 12 nitrogen and oxygen atoms in total. The molecule has 0 aliphatic carbocycles. The molecule has 10 rings (SSSR count). The van der Waals surface area contributed by atoms with E-state index in [-0.39, 0.29) is 18.8 Å². The van der Waals surface area contributed by atoms with Gasteiger partial charge in [0.2, 0.25) is 11.8 Å². The lowest BCUT2D eigenvalue weighted by Gasteiger charge is -2.46. The normalized spacial score (nSPS) is 23.1. The van der Waals surface area contributed by atoms with Crippen LogP contribution >= 0.6 is 0 Å². The van der Waals surface area contributed by atoms with Crippen molar-refractivity contribution in [2.24, 2.45) is 5.92 Å². The summed E-state index contributed by atoms with van der Waals surface area (Å²) in [6.07, 6.45) is -1.91. The maximum Gasteiger partial charge on any atom is 0.324 e. The molecule has 1 aromatic heterocycles. The Balaban J connectivity index is 1.17. The van der Waals surface area contributed by atoms with Gasteiger partial charge in [-0.3, -0.25) is 19.3 Å². The van der Waals surface area contributed by atoms with Gasteiger partial charge in [-0.1, -0.05) is 132 Å². The molecule has 306 valence electrons. The Hall–Kier alpha value is -7.59. The molecule has 4 N–H and O–H groups in total. The Kier molecular flexibility index (Phi) is 9.83. The van der Waals surface area contributed by atoms with Crippen molar-refractivity contribution in [1.29, 1.82) is 0 Å². The highest BCUT2D eigenvalue weighted by Gasteiger charge is 2.74. The van der Waals surface area contributed by atoms with E-state index in [1.165, 1.54) is 0 Å². The highest BCUT2D eigenvalue weighted by atomic mass is 16.6. The molecule has 12 heteroatoms. The van der Waals surface area contributed by atoms with Crippen molar-refractivity contribution < 1.29 is 29.3 Å². The molecule has 3 aliphatic rings. The Morgan fingerprint density at radius 3 is 2.23 bits per heavy atom. The van der Waals surface area contributed by atoms with E-state index >= 15 is 14.4 Å². The lowest BCUT2D eigenvalue weighted by molar-refractivity contribution is -0.178. The number of hydrogen-bond donors (Lipinski definition) is 4. The number of nitrogens with one attached hydrogen (secondary N) is 2. The van der Waals surface area contributed by atoms with E-state index in [4.69, 9.17) is 4.74 Å². The summed E-state index contributed by atoms with van der Waals surface area (Å²) in [4.78, 5) is 47.7. The number of para-hydroxylation sites is 1. The number of carbonyl (C=O) groups is 3. The minimum absolute atomic E-state index is 0.00959. The van der Waals surface area contributed by atoms with E-state index in [9.17, 15) is 10.2 Å². The predicted octanol–water partition coefficient (Wildman–Crippen LogP) is 6.31. The van der Waals surface area contributed by atoms with E-state index in [1.807, 2.05) is 102 Å². The number of rotatable bonds is 8. The van der Waals surface area contributed by atoms with Crippen LogP contribution < -0.4 is 10.6 Å². The molecule has 4 heterocycles. The van der Waals surface area contributed by atoms with Crippen LogP contribution in [-0.2, 0) is 31.1 Å². The van der Waals surface area contributed by atoms with Gasteiger partial charge in [0.05, 0.1) is 29.6 Å². The number of anilines is 1. The minimum atomic E-state index is -1.77. The number of nitrogens with zero attached hydrogens (tertiary/aromatic N) is 4. The molecule has 0 bridgehead atoms. The fourth-order valence-corrected chi connectivity index (χ4v) is 9.68. The first-order chi connectivity index (χ1) is 30.3. The molecule has 1 spiro atoms. The van der Waals surface area contributed by atoms with Gasteiger partial charge in [-0.2, -0.15) is 0 Å². The summed E-state index contributed by atoms with van der Waals surface area (Å²) in [6, 6.07) is 44.6. The van der Waals surface area contributed by atoms with Crippen molar-refractivity contribution >= 4 is 34.5 Å². The Labute approximate surface area is 356 Å². The summed E-state index contributed by atoms with van der Waals surface area (Å²) in [5.74, 6) is 3.30. The third-order valence-corrected chi connectivity index (χ3v) is 12.3. The number of aromatic hydroxyl groups is 1. The van der Waals surface area contributed by atoms with Gasteiger partial charge in [-0.05, 0) is 70.3 Å². The molecule has 2 saturated heterocycles. The second-order valence-electron chi connectivity index (χ2n) is 15.8. The van der Waals surface area contributed by atoms with Gasteiger partial charge in [0.15, 0.2) is 0 Å². The molecule has 6 aromatic carbocycles. The van der Waals surface area contributed by atoms with Crippen molar-refractivity contribution in [1.82, 2.24) is 25.2 Å². The summed E-state index contributed by atoms with van der Waals surface area (Å²) in [5.41, 5.74) is 4.06. The highest BCUT2D eigenvalue weighted by molar-refractivity contribution is 6.12. The lowest BCUT2D eigenvalue weighted by Crippen LogP contribution is -2.55. The molecular weight excluding hydrogens is 781 g/mol. The molecule has 0 radical (unpaired) electrons. The third kappa shape index (κ3) is 6.46. The quantitative estimate of drug-likeness (QED) is 0.102. The van der Waals surface area contributed by atoms with Crippen molar-refractivity contribution in [3.63, 3.8) is 0 Å². The number of aromatic nitrogens is 3. The third-order valence-electron chi connectivity index (χ3n) is 12.3. The van der Waals surface area contributed by atoms with Crippen LogP contribution in [0.1, 0.15) is 57.7 Å². The molecule has 2 fully saturated rings. The van der Waals surface area contributed by atoms with Crippen molar-refractivity contribution in [2.75, 3.05) is 11.9 Å². The second-order valence-corrected chi connectivity index (χ2v) is 15.8. The first-order valence-electron chi connectivity index (χ1n) is 20.4. The summed E-state index contributed by atoms with van der Waals surface area (Å²) in [7, 11) is 0. The zero-order valence-corrected chi connectivity index (χ0v) is 33.2. The number of esters is 1. The van der Waals surface area contributed by atoms with Crippen molar-refractivity contribution in [3.05, 3.63) is 191 Å². The number of aliphatic hydroxyl groups is 1.